The van der Waals surface area contributed by atoms with Crippen LogP contribution in [-0.2, 0) is 17.7 Å². The van der Waals surface area contributed by atoms with Crippen LogP contribution in [0.4, 0.5) is 0 Å². The van der Waals surface area contributed by atoms with Gasteiger partial charge in [0.1, 0.15) is 6.61 Å². The predicted molar refractivity (Wildman–Crippen MR) is 140 cm³/mol. The summed E-state index contributed by atoms with van der Waals surface area (Å²) in [7, 11) is 0. The Labute approximate surface area is 211 Å². The Morgan fingerprint density at radius 2 is 2.11 bits per heavy atom. The van der Waals surface area contributed by atoms with Crippen molar-refractivity contribution in [2.75, 3.05) is 39.4 Å². The fourth-order valence-corrected chi connectivity index (χ4v) is 6.75. The molecular weight excluding hydrogens is 452 g/mol. The maximum absolute atomic E-state index is 5.64. The average Bonchev–Trinajstić information content (AvgIpc) is 3.23. The van der Waals surface area contributed by atoms with Gasteiger partial charge in [0.05, 0.1) is 22.9 Å². The summed E-state index contributed by atoms with van der Waals surface area (Å²) < 4.78 is 5.64. The van der Waals surface area contributed by atoms with Crippen LogP contribution in [0.5, 0.6) is 0 Å². The standard InChI is InChI=1S/C29H32N4OS/c1-3-24-17-32(10-11-33(24)9-1)16-21-7-8-26-22(13-21)15-27-28(30-31-29(26)27)23-14-25(35-19-23)4-2-12-34-18-20-5-6-20/h7-8,13-14,19-20,24H,1,3,5-6,9-12,15-18H2,(H,30,31). The van der Waals surface area contributed by atoms with E-state index in [2.05, 4.69) is 56.4 Å². The van der Waals surface area contributed by atoms with E-state index in [1.807, 2.05) is 0 Å². The van der Waals surface area contributed by atoms with Crippen LogP contribution < -0.4 is 0 Å². The molecule has 1 unspecified atom stereocenters. The third kappa shape index (κ3) is 4.47. The van der Waals surface area contributed by atoms with Gasteiger partial charge in [-0.1, -0.05) is 30.0 Å². The zero-order valence-electron chi connectivity index (χ0n) is 20.2. The zero-order chi connectivity index (χ0) is 23.2. The molecule has 2 aliphatic heterocycles. The van der Waals surface area contributed by atoms with E-state index in [1.54, 1.807) is 11.3 Å². The number of hydrogen-bond acceptors (Lipinski definition) is 5. The van der Waals surface area contributed by atoms with Crippen molar-refractivity contribution in [2.24, 2.45) is 5.92 Å². The topological polar surface area (TPSA) is 44.4 Å². The first-order valence-electron chi connectivity index (χ1n) is 13.1. The molecule has 1 N–H and O–H groups in total. The Bertz CT molecular complexity index is 1290. The number of nitrogens with one attached hydrogen (secondary N) is 1. The molecule has 0 amide bonds. The molecule has 4 aliphatic rings. The molecule has 1 aromatic carbocycles. The molecule has 3 aromatic rings. The van der Waals surface area contributed by atoms with Gasteiger partial charge in [-0.05, 0) is 55.3 Å². The highest BCUT2D eigenvalue weighted by molar-refractivity contribution is 7.11. The summed E-state index contributed by atoms with van der Waals surface area (Å²) in [5.41, 5.74) is 8.92. The van der Waals surface area contributed by atoms with Gasteiger partial charge in [0.15, 0.2) is 0 Å². The summed E-state index contributed by atoms with van der Waals surface area (Å²) >= 11 is 1.69. The highest BCUT2D eigenvalue weighted by atomic mass is 32.1. The molecule has 7 rings (SSSR count). The largest absolute Gasteiger partial charge is 0.368 e. The van der Waals surface area contributed by atoms with E-state index in [1.165, 1.54) is 79.8 Å². The molecule has 2 aliphatic carbocycles. The monoisotopic (exact) mass is 484 g/mol. The maximum Gasteiger partial charge on any atom is 0.108 e. The van der Waals surface area contributed by atoms with E-state index < -0.39 is 0 Å². The number of piperazine rings is 1. The molecule has 0 spiro atoms. The highest BCUT2D eigenvalue weighted by Crippen LogP contribution is 2.41. The van der Waals surface area contributed by atoms with Gasteiger partial charge in [-0.2, -0.15) is 5.10 Å². The van der Waals surface area contributed by atoms with Crippen molar-refractivity contribution in [1.82, 2.24) is 20.0 Å². The van der Waals surface area contributed by atoms with Gasteiger partial charge in [0.25, 0.3) is 0 Å². The van der Waals surface area contributed by atoms with Crippen LogP contribution in [0.15, 0.2) is 29.6 Å². The van der Waals surface area contributed by atoms with Crippen molar-refractivity contribution >= 4 is 11.3 Å². The van der Waals surface area contributed by atoms with Crippen LogP contribution >= 0.6 is 11.3 Å². The average molecular weight is 485 g/mol. The van der Waals surface area contributed by atoms with Crippen LogP contribution in [0.2, 0.25) is 0 Å². The molecule has 4 heterocycles. The molecule has 5 nitrogen and oxygen atoms in total. The predicted octanol–water partition coefficient (Wildman–Crippen LogP) is 4.77. The van der Waals surface area contributed by atoms with Crippen LogP contribution in [0.3, 0.4) is 0 Å². The number of H-pyrrole nitrogens is 1. The van der Waals surface area contributed by atoms with Crippen molar-refractivity contribution in [3.05, 3.63) is 51.2 Å². The Balaban J connectivity index is 1.03. The summed E-state index contributed by atoms with van der Waals surface area (Å²) in [6.45, 7) is 7.40. The summed E-state index contributed by atoms with van der Waals surface area (Å²) in [4.78, 5) is 6.41. The molecule has 35 heavy (non-hydrogen) atoms. The molecule has 1 saturated carbocycles. The number of rotatable bonds is 6. The van der Waals surface area contributed by atoms with Crippen molar-refractivity contribution in [2.45, 2.75) is 44.7 Å². The zero-order valence-corrected chi connectivity index (χ0v) is 21.0. The Hall–Kier alpha value is -2.43. The molecule has 0 bridgehead atoms. The van der Waals surface area contributed by atoms with E-state index in [-0.39, 0.29) is 0 Å². The molecule has 6 heteroatoms. The Morgan fingerprint density at radius 1 is 1.14 bits per heavy atom. The third-order valence-corrected chi connectivity index (χ3v) is 8.91. The minimum Gasteiger partial charge on any atom is -0.368 e. The quantitative estimate of drug-likeness (QED) is 0.316. The fraction of sp³-hybridized carbons (Fsp3) is 0.483. The summed E-state index contributed by atoms with van der Waals surface area (Å²) in [6, 6.07) is 10.0. The van der Waals surface area contributed by atoms with Crippen molar-refractivity contribution in [3.63, 3.8) is 0 Å². The number of aromatic nitrogens is 2. The van der Waals surface area contributed by atoms with Gasteiger partial charge >= 0.3 is 0 Å². The van der Waals surface area contributed by atoms with Gasteiger partial charge in [0, 0.05) is 60.7 Å². The van der Waals surface area contributed by atoms with E-state index in [0.29, 0.717) is 6.61 Å². The summed E-state index contributed by atoms with van der Waals surface area (Å²) in [5, 5.41) is 10.2. The van der Waals surface area contributed by atoms with E-state index in [0.717, 1.165) is 47.7 Å². The minimum absolute atomic E-state index is 0.523. The van der Waals surface area contributed by atoms with Gasteiger partial charge < -0.3 is 4.74 Å². The van der Waals surface area contributed by atoms with Gasteiger partial charge in [0.2, 0.25) is 0 Å². The molecule has 3 fully saturated rings. The summed E-state index contributed by atoms with van der Waals surface area (Å²) in [6.07, 6.45) is 6.33. The van der Waals surface area contributed by atoms with Gasteiger partial charge in [-0.3, -0.25) is 14.9 Å². The van der Waals surface area contributed by atoms with Crippen LogP contribution in [0, 0.1) is 17.8 Å². The summed E-state index contributed by atoms with van der Waals surface area (Å²) in [5.74, 6) is 7.22. The van der Waals surface area contributed by atoms with Gasteiger partial charge in [-0.25, -0.2) is 0 Å². The number of hydrogen-bond donors (Lipinski definition) is 1. The highest BCUT2D eigenvalue weighted by Gasteiger charge is 2.31. The molecule has 1 atom stereocenters. The first-order valence-corrected chi connectivity index (χ1v) is 14.0. The lowest BCUT2D eigenvalue weighted by atomic mass is 10.0. The number of fused-ring (bicyclic) bond motifs is 4. The number of aromatic amines is 1. The molecule has 0 radical (unpaired) electrons. The van der Waals surface area contributed by atoms with Gasteiger partial charge in [-0.15, -0.1) is 11.3 Å². The number of nitrogens with zero attached hydrogens (tertiary/aromatic N) is 3. The normalized spacial score (nSPS) is 21.4. The first-order chi connectivity index (χ1) is 17.3. The van der Waals surface area contributed by atoms with Crippen molar-refractivity contribution in [1.29, 1.82) is 0 Å². The second-order valence-corrected chi connectivity index (χ2v) is 11.5. The van der Waals surface area contributed by atoms with Crippen LogP contribution in [0.25, 0.3) is 22.5 Å². The van der Waals surface area contributed by atoms with Crippen LogP contribution in [0.1, 0.15) is 47.3 Å². The lowest BCUT2D eigenvalue weighted by molar-refractivity contribution is 0.0994. The fourth-order valence-electron chi connectivity index (χ4n) is 5.99. The lowest BCUT2D eigenvalue weighted by Gasteiger charge is -2.37. The molecule has 2 saturated heterocycles. The van der Waals surface area contributed by atoms with E-state index in [4.69, 9.17) is 9.84 Å². The second-order valence-electron chi connectivity index (χ2n) is 10.6. The second kappa shape index (κ2) is 9.22. The molecule has 2 aromatic heterocycles. The van der Waals surface area contributed by atoms with Crippen LogP contribution in [-0.4, -0.2) is 65.4 Å². The Morgan fingerprint density at radius 3 is 3.06 bits per heavy atom. The van der Waals surface area contributed by atoms with Crippen molar-refractivity contribution in [3.8, 4) is 34.4 Å². The smallest absolute Gasteiger partial charge is 0.108 e. The van der Waals surface area contributed by atoms with E-state index >= 15 is 0 Å². The molecule has 180 valence electrons. The van der Waals surface area contributed by atoms with E-state index in [9.17, 15) is 0 Å². The SMILES string of the molecule is C(#Cc1cc(-c2n[nH]c3c2Cc2cc(CN4CCN5CCCC5C4)ccc2-3)cs1)COCC1CC1. The van der Waals surface area contributed by atoms with Crippen molar-refractivity contribution < 1.29 is 4.74 Å². The number of ether oxygens (including phenoxy) is 1. The molecular formula is C29H32N4OS. The number of benzene rings is 1. The maximum atomic E-state index is 5.64. The lowest BCUT2D eigenvalue weighted by Crippen LogP contribution is -2.49. The first kappa shape index (κ1) is 21.8. The number of thiophene rings is 1. The minimum atomic E-state index is 0.523. The third-order valence-electron chi connectivity index (χ3n) is 8.06. The Kier molecular flexibility index (Phi) is 5.75.